The minimum Gasteiger partial charge on any atom is -0.465 e. The average Bonchev–Trinajstić information content (AvgIpc) is 2.94. The van der Waals surface area contributed by atoms with Crippen LogP contribution in [0.1, 0.15) is 41.7 Å². The molecule has 4 rings (SSSR count). The third-order valence-corrected chi connectivity index (χ3v) is 5.82. The van der Waals surface area contributed by atoms with Crippen LogP contribution in [0, 0.1) is 12.3 Å². The second kappa shape index (κ2) is 8.05. The van der Waals surface area contributed by atoms with E-state index in [2.05, 4.69) is 43.5 Å². The Hall–Kier alpha value is -3.18. The fourth-order valence-electron chi connectivity index (χ4n) is 4.26. The van der Waals surface area contributed by atoms with Gasteiger partial charge in [-0.15, -0.1) is 6.42 Å². The predicted octanol–water partition coefficient (Wildman–Crippen LogP) is 2.42. The summed E-state index contributed by atoms with van der Waals surface area (Å²) in [6, 6.07) is 3.30. The van der Waals surface area contributed by atoms with Crippen LogP contribution in [0.2, 0.25) is 0 Å². The second-order valence-electron chi connectivity index (χ2n) is 7.53. The summed E-state index contributed by atoms with van der Waals surface area (Å²) in [5, 5.41) is 6.66. The molecule has 0 spiro atoms. The summed E-state index contributed by atoms with van der Waals surface area (Å²) >= 11 is 0. The van der Waals surface area contributed by atoms with Crippen molar-refractivity contribution in [2.45, 2.75) is 43.8 Å². The molecule has 2 aliphatic rings. The van der Waals surface area contributed by atoms with Crippen LogP contribution < -0.4 is 10.6 Å². The van der Waals surface area contributed by atoms with Gasteiger partial charge < -0.3 is 20.3 Å². The third-order valence-electron chi connectivity index (χ3n) is 5.82. The molecule has 29 heavy (non-hydrogen) atoms. The van der Waals surface area contributed by atoms with E-state index in [9.17, 15) is 4.79 Å². The van der Waals surface area contributed by atoms with Gasteiger partial charge in [-0.05, 0) is 38.7 Å². The van der Waals surface area contributed by atoms with E-state index < -0.39 is 5.97 Å². The van der Waals surface area contributed by atoms with Gasteiger partial charge in [-0.3, -0.25) is 0 Å². The fourth-order valence-corrected chi connectivity index (χ4v) is 4.26. The van der Waals surface area contributed by atoms with E-state index in [1.807, 2.05) is 6.07 Å². The highest BCUT2D eigenvalue weighted by molar-refractivity contribution is 5.96. The van der Waals surface area contributed by atoms with Crippen LogP contribution in [0.3, 0.4) is 0 Å². The number of nitrogens with one attached hydrogen (secondary N) is 2. The second-order valence-corrected chi connectivity index (χ2v) is 7.53. The maximum absolute atomic E-state index is 12.2. The lowest BCUT2D eigenvalue weighted by molar-refractivity contribution is 0.0601. The van der Waals surface area contributed by atoms with E-state index in [0.717, 1.165) is 12.8 Å². The number of ether oxygens (including phenoxy) is 1. The normalized spacial score (nSPS) is 23.3. The van der Waals surface area contributed by atoms with Crippen molar-refractivity contribution in [1.82, 2.24) is 19.9 Å². The zero-order valence-corrected chi connectivity index (χ0v) is 16.6. The van der Waals surface area contributed by atoms with Crippen LogP contribution in [0.4, 0.5) is 17.3 Å². The summed E-state index contributed by atoms with van der Waals surface area (Å²) in [7, 11) is 3.58. The average molecular weight is 392 g/mol. The first-order valence-corrected chi connectivity index (χ1v) is 9.70. The van der Waals surface area contributed by atoms with E-state index in [0.29, 0.717) is 46.7 Å². The molecule has 8 nitrogen and oxygen atoms in total. The SMILES string of the molecule is C#Cc1cnc(Nc2cc(NC3C[C@H]4CC[C@@H](C3)N4C)c(C(=O)OC)cn2)cn1. The molecule has 2 bridgehead atoms. The highest BCUT2D eigenvalue weighted by Crippen LogP contribution is 2.36. The largest absolute Gasteiger partial charge is 0.465 e. The van der Waals surface area contributed by atoms with Crippen LogP contribution >= 0.6 is 0 Å². The van der Waals surface area contributed by atoms with Gasteiger partial charge in [0.15, 0.2) is 0 Å². The van der Waals surface area contributed by atoms with Gasteiger partial charge in [0, 0.05) is 30.4 Å². The van der Waals surface area contributed by atoms with Gasteiger partial charge in [0.1, 0.15) is 22.9 Å². The van der Waals surface area contributed by atoms with Crippen molar-refractivity contribution in [3.63, 3.8) is 0 Å². The first-order chi connectivity index (χ1) is 14.1. The summed E-state index contributed by atoms with van der Waals surface area (Å²) in [6.45, 7) is 0. The number of nitrogens with zero attached hydrogens (tertiary/aromatic N) is 4. The molecule has 2 aliphatic heterocycles. The number of rotatable bonds is 5. The number of fused-ring (bicyclic) bond motifs is 2. The van der Waals surface area contributed by atoms with Gasteiger partial charge in [-0.2, -0.15) is 0 Å². The molecule has 2 aromatic rings. The first-order valence-electron chi connectivity index (χ1n) is 9.70. The van der Waals surface area contributed by atoms with Crippen molar-refractivity contribution in [1.29, 1.82) is 0 Å². The summed E-state index contributed by atoms with van der Waals surface area (Å²) in [5.41, 5.74) is 1.58. The maximum atomic E-state index is 12.2. The predicted molar refractivity (Wildman–Crippen MR) is 110 cm³/mol. The van der Waals surface area contributed by atoms with E-state index in [1.54, 1.807) is 6.20 Å². The highest BCUT2D eigenvalue weighted by atomic mass is 16.5. The molecule has 2 fully saturated rings. The number of methoxy groups -OCH3 is 1. The minimum absolute atomic E-state index is 0.303. The number of aromatic nitrogens is 3. The topological polar surface area (TPSA) is 92.3 Å². The number of piperidine rings is 1. The van der Waals surface area contributed by atoms with E-state index in [1.165, 1.54) is 32.3 Å². The van der Waals surface area contributed by atoms with Crippen LogP contribution in [-0.2, 0) is 4.74 Å². The number of terminal acetylenes is 1. The lowest BCUT2D eigenvalue weighted by Gasteiger charge is -2.37. The van der Waals surface area contributed by atoms with Crippen LogP contribution in [0.5, 0.6) is 0 Å². The summed E-state index contributed by atoms with van der Waals surface area (Å²) in [6.07, 6.45) is 14.5. The van der Waals surface area contributed by atoms with Gasteiger partial charge in [-0.25, -0.2) is 19.7 Å². The standard InChI is InChI=1S/C21H24N6O2/c1-4-13-10-23-20(12-22-13)26-19-9-18(17(11-24-19)21(28)29-3)25-14-7-15-5-6-16(8-14)27(15)2/h1,9-12,14-16H,5-8H2,2-3H3,(H2,23,24,25,26)/t14?,15-,16+. The van der Waals surface area contributed by atoms with Crippen LogP contribution in [0.15, 0.2) is 24.7 Å². The molecular formula is C21H24N6O2. The Morgan fingerprint density at radius 2 is 1.90 bits per heavy atom. The molecule has 0 aromatic carbocycles. The van der Waals surface area contributed by atoms with Crippen molar-refractivity contribution in [2.75, 3.05) is 24.8 Å². The van der Waals surface area contributed by atoms with Gasteiger partial charge in [-0.1, -0.05) is 0 Å². The van der Waals surface area contributed by atoms with Gasteiger partial charge in [0.2, 0.25) is 0 Å². The molecule has 3 atom stereocenters. The molecule has 0 radical (unpaired) electrons. The van der Waals surface area contributed by atoms with Gasteiger partial charge in [0.05, 0.1) is 25.2 Å². The number of pyridine rings is 1. The third kappa shape index (κ3) is 4.00. The molecule has 2 N–H and O–H groups in total. The Bertz CT molecular complexity index is 925. The smallest absolute Gasteiger partial charge is 0.341 e. The molecule has 2 saturated heterocycles. The lowest BCUT2D eigenvalue weighted by Crippen LogP contribution is -2.44. The number of hydrogen-bond donors (Lipinski definition) is 2. The lowest BCUT2D eigenvalue weighted by atomic mass is 9.97. The minimum atomic E-state index is -0.416. The molecule has 2 aromatic heterocycles. The van der Waals surface area contributed by atoms with Gasteiger partial charge in [0.25, 0.3) is 0 Å². The molecule has 0 amide bonds. The summed E-state index contributed by atoms with van der Waals surface area (Å²) in [5.74, 6) is 3.09. The van der Waals surface area contributed by atoms with Crippen molar-refractivity contribution >= 4 is 23.3 Å². The summed E-state index contributed by atoms with van der Waals surface area (Å²) in [4.78, 5) is 27.4. The first kappa shape index (κ1) is 19.2. The molecule has 0 aliphatic carbocycles. The van der Waals surface area contributed by atoms with E-state index in [4.69, 9.17) is 11.2 Å². The number of carbonyl (C=O) groups excluding carboxylic acids is 1. The zero-order chi connectivity index (χ0) is 20.4. The number of esters is 1. The van der Waals surface area contributed by atoms with Crippen molar-refractivity contribution in [2.24, 2.45) is 0 Å². The molecule has 0 saturated carbocycles. The van der Waals surface area contributed by atoms with Crippen molar-refractivity contribution in [3.05, 3.63) is 35.9 Å². The Morgan fingerprint density at radius 3 is 2.52 bits per heavy atom. The number of hydrogen-bond acceptors (Lipinski definition) is 8. The Kier molecular flexibility index (Phi) is 5.32. The summed E-state index contributed by atoms with van der Waals surface area (Å²) < 4.78 is 4.93. The fraction of sp³-hybridized carbons (Fsp3) is 0.429. The molecule has 4 heterocycles. The number of carbonyl (C=O) groups is 1. The molecular weight excluding hydrogens is 368 g/mol. The Morgan fingerprint density at radius 1 is 1.17 bits per heavy atom. The van der Waals surface area contributed by atoms with Crippen molar-refractivity contribution in [3.8, 4) is 12.3 Å². The number of anilines is 3. The molecule has 8 heteroatoms. The quantitative estimate of drug-likeness (QED) is 0.592. The molecule has 150 valence electrons. The highest BCUT2D eigenvalue weighted by Gasteiger charge is 2.38. The van der Waals surface area contributed by atoms with Gasteiger partial charge >= 0.3 is 5.97 Å². The molecule has 1 unspecified atom stereocenters. The van der Waals surface area contributed by atoms with Crippen molar-refractivity contribution < 1.29 is 9.53 Å². The monoisotopic (exact) mass is 392 g/mol. The van der Waals surface area contributed by atoms with E-state index >= 15 is 0 Å². The van der Waals surface area contributed by atoms with E-state index in [-0.39, 0.29) is 0 Å². The van der Waals surface area contributed by atoms with Crippen LogP contribution in [0.25, 0.3) is 0 Å². The zero-order valence-electron chi connectivity index (χ0n) is 16.6. The van der Waals surface area contributed by atoms with Crippen LogP contribution in [-0.4, -0.2) is 58.1 Å². The maximum Gasteiger partial charge on any atom is 0.341 e. The Labute approximate surface area is 170 Å². The Balaban J connectivity index is 1.55.